The van der Waals surface area contributed by atoms with Crippen LogP contribution in [-0.4, -0.2) is 37.2 Å². The van der Waals surface area contributed by atoms with Gasteiger partial charge in [-0.15, -0.1) is 0 Å². The van der Waals surface area contributed by atoms with E-state index in [2.05, 4.69) is 10.6 Å². The highest BCUT2D eigenvalue weighted by atomic mass is 16.5. The monoisotopic (exact) mass is 199 g/mol. The number of nitrogens with two attached hydrogens (primary N) is 1. The molecule has 6 heteroatoms. The summed E-state index contributed by atoms with van der Waals surface area (Å²) in [5.41, 5.74) is 4.62. The predicted octanol–water partition coefficient (Wildman–Crippen LogP) is -1.44. The van der Waals surface area contributed by atoms with Gasteiger partial charge >= 0.3 is 6.03 Å². The third kappa shape index (κ3) is 1.18. The average Bonchev–Trinajstić information content (AvgIpc) is 2.73. The number of hydrogen-bond acceptors (Lipinski definition) is 4. The van der Waals surface area contributed by atoms with Crippen molar-refractivity contribution in [3.63, 3.8) is 0 Å². The molecule has 0 saturated carbocycles. The van der Waals surface area contributed by atoms with Crippen LogP contribution in [0.25, 0.3) is 0 Å². The quantitative estimate of drug-likeness (QED) is 0.475. The van der Waals surface area contributed by atoms with E-state index in [-0.39, 0.29) is 18.4 Å². The maximum absolute atomic E-state index is 11.6. The van der Waals surface area contributed by atoms with Crippen molar-refractivity contribution < 1.29 is 14.3 Å². The number of carbonyl (C=O) groups is 2. The normalized spacial score (nSPS) is 37.1. The standard InChI is InChI=1S/C8H13N3O3/c9-4-8(5-1-2-14-3-5)6(12)10-7(13)11-8/h5H,1-4,9H2,(H2,10,11,12,13). The number of nitrogens with one attached hydrogen (secondary N) is 2. The molecule has 0 radical (unpaired) electrons. The Labute approximate surface area is 81.2 Å². The molecule has 14 heavy (non-hydrogen) atoms. The molecule has 3 amide bonds. The predicted molar refractivity (Wildman–Crippen MR) is 47.4 cm³/mol. The van der Waals surface area contributed by atoms with Gasteiger partial charge in [-0.05, 0) is 6.42 Å². The van der Waals surface area contributed by atoms with Gasteiger partial charge in [0.2, 0.25) is 0 Å². The Hall–Kier alpha value is -1.14. The van der Waals surface area contributed by atoms with Crippen LogP contribution in [0.5, 0.6) is 0 Å². The summed E-state index contributed by atoms with van der Waals surface area (Å²) >= 11 is 0. The number of urea groups is 1. The minimum atomic E-state index is -0.951. The minimum Gasteiger partial charge on any atom is -0.381 e. The Bertz CT molecular complexity index is 275. The van der Waals surface area contributed by atoms with E-state index in [1.807, 2.05) is 0 Å². The second kappa shape index (κ2) is 3.21. The van der Waals surface area contributed by atoms with E-state index in [1.54, 1.807) is 0 Å². The number of imide groups is 1. The Balaban J connectivity index is 2.24. The fourth-order valence-electron chi connectivity index (χ4n) is 2.03. The first-order valence-electron chi connectivity index (χ1n) is 4.60. The Kier molecular flexibility index (Phi) is 2.16. The number of rotatable bonds is 2. The Morgan fingerprint density at radius 3 is 2.79 bits per heavy atom. The maximum Gasteiger partial charge on any atom is 0.322 e. The highest BCUT2D eigenvalue weighted by Crippen LogP contribution is 2.27. The van der Waals surface area contributed by atoms with Crippen molar-refractivity contribution in [2.24, 2.45) is 11.7 Å². The molecular weight excluding hydrogens is 186 g/mol. The lowest BCUT2D eigenvalue weighted by Gasteiger charge is -2.29. The van der Waals surface area contributed by atoms with E-state index >= 15 is 0 Å². The van der Waals surface area contributed by atoms with Gasteiger partial charge in [0.1, 0.15) is 5.54 Å². The van der Waals surface area contributed by atoms with Crippen molar-refractivity contribution in [2.45, 2.75) is 12.0 Å². The summed E-state index contributed by atoms with van der Waals surface area (Å²) < 4.78 is 5.19. The van der Waals surface area contributed by atoms with Gasteiger partial charge in [-0.25, -0.2) is 4.79 Å². The van der Waals surface area contributed by atoms with Gasteiger partial charge in [0.05, 0.1) is 6.61 Å². The zero-order chi connectivity index (χ0) is 10.2. The molecule has 2 fully saturated rings. The highest BCUT2D eigenvalue weighted by Gasteiger charge is 2.51. The van der Waals surface area contributed by atoms with Gasteiger partial charge in [-0.1, -0.05) is 0 Å². The first-order chi connectivity index (χ1) is 6.69. The largest absolute Gasteiger partial charge is 0.381 e. The molecule has 0 aromatic heterocycles. The first kappa shape index (κ1) is 9.42. The lowest BCUT2D eigenvalue weighted by molar-refractivity contribution is -0.125. The summed E-state index contributed by atoms with van der Waals surface area (Å²) in [5, 5.41) is 4.82. The van der Waals surface area contributed by atoms with Gasteiger partial charge in [0, 0.05) is 19.1 Å². The molecule has 6 nitrogen and oxygen atoms in total. The van der Waals surface area contributed by atoms with Crippen LogP contribution in [0.15, 0.2) is 0 Å². The molecule has 4 N–H and O–H groups in total. The molecule has 2 aliphatic heterocycles. The highest BCUT2D eigenvalue weighted by molar-refractivity contribution is 6.07. The number of carbonyl (C=O) groups excluding carboxylic acids is 2. The van der Waals surface area contributed by atoms with E-state index in [9.17, 15) is 9.59 Å². The van der Waals surface area contributed by atoms with Gasteiger partial charge in [0.15, 0.2) is 0 Å². The van der Waals surface area contributed by atoms with Crippen LogP contribution >= 0.6 is 0 Å². The topological polar surface area (TPSA) is 93.4 Å². The fraction of sp³-hybridized carbons (Fsp3) is 0.750. The molecule has 2 atom stereocenters. The van der Waals surface area contributed by atoms with Crippen molar-refractivity contribution in [3.8, 4) is 0 Å². The molecule has 2 rings (SSSR count). The van der Waals surface area contributed by atoms with Crippen LogP contribution in [0.4, 0.5) is 4.79 Å². The zero-order valence-corrected chi connectivity index (χ0v) is 7.71. The van der Waals surface area contributed by atoms with E-state index in [1.165, 1.54) is 0 Å². The molecule has 0 spiro atoms. The molecule has 2 saturated heterocycles. The van der Waals surface area contributed by atoms with E-state index in [4.69, 9.17) is 10.5 Å². The van der Waals surface area contributed by atoms with Crippen LogP contribution < -0.4 is 16.4 Å². The SMILES string of the molecule is NCC1(C2CCOC2)NC(=O)NC1=O. The summed E-state index contributed by atoms with van der Waals surface area (Å²) in [6, 6.07) is -0.465. The summed E-state index contributed by atoms with van der Waals surface area (Å²) in [5.74, 6) is -0.348. The lowest BCUT2D eigenvalue weighted by Crippen LogP contribution is -2.58. The molecular formula is C8H13N3O3. The molecule has 0 aliphatic carbocycles. The summed E-state index contributed by atoms with van der Waals surface area (Å²) in [6.45, 7) is 1.21. The molecule has 2 aliphatic rings. The van der Waals surface area contributed by atoms with Crippen molar-refractivity contribution in [1.82, 2.24) is 10.6 Å². The third-order valence-electron chi connectivity index (χ3n) is 2.92. The smallest absolute Gasteiger partial charge is 0.322 e. The average molecular weight is 199 g/mol. The number of ether oxygens (including phenoxy) is 1. The maximum atomic E-state index is 11.6. The van der Waals surface area contributed by atoms with E-state index in [0.29, 0.717) is 13.2 Å². The number of hydrogen-bond donors (Lipinski definition) is 3. The lowest BCUT2D eigenvalue weighted by atomic mass is 9.83. The summed E-state index contributed by atoms with van der Waals surface area (Å²) in [7, 11) is 0. The minimum absolute atomic E-state index is 0.0149. The Morgan fingerprint density at radius 2 is 2.36 bits per heavy atom. The van der Waals surface area contributed by atoms with E-state index in [0.717, 1.165) is 6.42 Å². The van der Waals surface area contributed by atoms with Crippen molar-refractivity contribution in [3.05, 3.63) is 0 Å². The van der Waals surface area contributed by atoms with Crippen LogP contribution in [0.3, 0.4) is 0 Å². The number of amides is 3. The van der Waals surface area contributed by atoms with Gasteiger partial charge in [0.25, 0.3) is 5.91 Å². The first-order valence-corrected chi connectivity index (χ1v) is 4.60. The van der Waals surface area contributed by atoms with Gasteiger partial charge < -0.3 is 15.8 Å². The van der Waals surface area contributed by atoms with Crippen molar-refractivity contribution >= 4 is 11.9 Å². The molecule has 78 valence electrons. The Morgan fingerprint density at radius 1 is 1.57 bits per heavy atom. The second-order valence-electron chi connectivity index (χ2n) is 3.64. The zero-order valence-electron chi connectivity index (χ0n) is 7.71. The molecule has 0 aromatic rings. The molecule has 2 unspecified atom stereocenters. The summed E-state index contributed by atoms with van der Waals surface area (Å²) in [4.78, 5) is 22.6. The molecule has 0 aromatic carbocycles. The van der Waals surface area contributed by atoms with Gasteiger partial charge in [-0.3, -0.25) is 10.1 Å². The van der Waals surface area contributed by atoms with Crippen LogP contribution in [0.2, 0.25) is 0 Å². The van der Waals surface area contributed by atoms with Gasteiger partial charge in [-0.2, -0.15) is 0 Å². The summed E-state index contributed by atoms with van der Waals surface area (Å²) in [6.07, 6.45) is 0.755. The molecule has 2 heterocycles. The van der Waals surface area contributed by atoms with Crippen LogP contribution in [0.1, 0.15) is 6.42 Å². The van der Waals surface area contributed by atoms with Crippen molar-refractivity contribution in [2.75, 3.05) is 19.8 Å². The third-order valence-corrected chi connectivity index (χ3v) is 2.92. The van der Waals surface area contributed by atoms with Crippen LogP contribution in [0, 0.1) is 5.92 Å². The second-order valence-corrected chi connectivity index (χ2v) is 3.64. The fourth-order valence-corrected chi connectivity index (χ4v) is 2.03. The molecule has 0 bridgehead atoms. The van der Waals surface area contributed by atoms with Crippen LogP contribution in [-0.2, 0) is 9.53 Å². The van der Waals surface area contributed by atoms with E-state index < -0.39 is 11.6 Å². The van der Waals surface area contributed by atoms with Crippen molar-refractivity contribution in [1.29, 1.82) is 0 Å².